The van der Waals surface area contributed by atoms with Gasteiger partial charge in [-0.3, -0.25) is 0 Å². The Labute approximate surface area is 83.9 Å². The third-order valence-electron chi connectivity index (χ3n) is 0. The van der Waals surface area contributed by atoms with Gasteiger partial charge in [-0.1, -0.05) is 0 Å². The summed E-state index contributed by atoms with van der Waals surface area (Å²) in [6, 6.07) is 0. The molecule has 0 fully saturated rings. The number of rotatable bonds is 0. The van der Waals surface area contributed by atoms with E-state index >= 15 is 0 Å². The number of thiocarbonyl (C=S) groups is 2. The van der Waals surface area contributed by atoms with Gasteiger partial charge in [-0.05, 0) is 24.4 Å². The van der Waals surface area contributed by atoms with Gasteiger partial charge in [0.25, 0.3) is 0 Å². The molecule has 0 aliphatic heterocycles. The van der Waals surface area contributed by atoms with Crippen LogP contribution < -0.4 is 51.4 Å². The zero-order chi connectivity index (χ0) is 2.71. The van der Waals surface area contributed by atoms with E-state index in [1.165, 1.54) is 0 Å². The SMILES string of the molecule is S=C=S.[K+].[OH-]. The Kier molecular flexibility index (Phi) is 53.9. The van der Waals surface area contributed by atoms with Gasteiger partial charge < -0.3 is 5.48 Å². The smallest absolute Gasteiger partial charge is 0.870 e. The van der Waals surface area contributed by atoms with E-state index in [4.69, 9.17) is 0 Å². The van der Waals surface area contributed by atoms with Crippen molar-refractivity contribution in [1.29, 1.82) is 0 Å². The molecule has 0 saturated heterocycles. The molecule has 5 heavy (non-hydrogen) atoms. The fraction of sp³-hybridized carbons (Fsp3) is 0. The first-order valence-corrected chi connectivity index (χ1v) is 1.22. The van der Waals surface area contributed by atoms with Crippen LogP contribution >= 0.6 is 24.4 Å². The molecule has 0 aliphatic rings. The molecule has 0 saturated carbocycles. The molecule has 0 aromatic carbocycles. The summed E-state index contributed by atoms with van der Waals surface area (Å²) in [6.07, 6.45) is 0. The van der Waals surface area contributed by atoms with Crippen molar-refractivity contribution in [3.05, 3.63) is 0 Å². The first-order chi connectivity index (χ1) is 1.41. The van der Waals surface area contributed by atoms with E-state index in [9.17, 15) is 0 Å². The fourth-order valence-corrected chi connectivity index (χ4v) is 0. The normalized spacial score (nSPS) is 1.60. The molecule has 0 aromatic heterocycles. The number of hydrogen-bond donors (Lipinski definition) is 0. The molecule has 0 atom stereocenters. The first-order valence-electron chi connectivity index (χ1n) is 0.408. The first kappa shape index (κ1) is 15.8. The van der Waals surface area contributed by atoms with Gasteiger partial charge in [0, 0.05) is 4.31 Å². The molecule has 0 amide bonds. The minimum Gasteiger partial charge on any atom is -0.870 e. The van der Waals surface area contributed by atoms with Gasteiger partial charge in [0.05, 0.1) is 0 Å². The van der Waals surface area contributed by atoms with E-state index in [1.54, 1.807) is 0 Å². The van der Waals surface area contributed by atoms with Gasteiger partial charge in [-0.25, -0.2) is 0 Å². The standard InChI is InChI=1S/CS2.K.H2O/c2-1-3;;/h;;1H2/q;+1;/p-1. The van der Waals surface area contributed by atoms with E-state index in [2.05, 4.69) is 24.4 Å². The Balaban J connectivity index is -0.0000000200. The van der Waals surface area contributed by atoms with Crippen LogP contribution in [0.3, 0.4) is 0 Å². The zero-order valence-corrected chi connectivity index (χ0v) is 7.52. The van der Waals surface area contributed by atoms with Gasteiger partial charge in [0.15, 0.2) is 0 Å². The zero-order valence-electron chi connectivity index (χ0n) is 2.76. The van der Waals surface area contributed by atoms with Crippen LogP contribution in [-0.4, -0.2) is 9.79 Å². The summed E-state index contributed by atoms with van der Waals surface area (Å²) in [4.78, 5) is 0. The second-order valence-corrected chi connectivity index (χ2v) is 0.750. The van der Waals surface area contributed by atoms with Crippen molar-refractivity contribution in [2.45, 2.75) is 0 Å². The molecule has 1 nitrogen and oxygen atoms in total. The summed E-state index contributed by atoms with van der Waals surface area (Å²) in [7, 11) is 0. The summed E-state index contributed by atoms with van der Waals surface area (Å²) in [5, 5.41) is 0. The minimum atomic E-state index is 0. The summed E-state index contributed by atoms with van der Waals surface area (Å²) in [6.45, 7) is 0. The molecule has 0 aliphatic carbocycles. The third-order valence-corrected chi connectivity index (χ3v) is 0. The van der Waals surface area contributed by atoms with Crippen molar-refractivity contribution in [3.63, 3.8) is 0 Å². The van der Waals surface area contributed by atoms with E-state index in [0.717, 1.165) is 0 Å². The summed E-state index contributed by atoms with van der Waals surface area (Å²) >= 11 is 7.92. The van der Waals surface area contributed by atoms with Crippen LogP contribution in [0.25, 0.3) is 0 Å². The molecule has 0 bridgehead atoms. The maximum atomic E-state index is 3.96. The molecule has 1 N–H and O–H groups in total. The van der Waals surface area contributed by atoms with E-state index < -0.39 is 0 Å². The topological polar surface area (TPSA) is 30.0 Å². The predicted molar refractivity (Wildman–Crippen MR) is 22.1 cm³/mol. The molecule has 0 radical (unpaired) electrons. The molecular formula is CHKOS2. The average Bonchev–Trinajstić information content (AvgIpc) is 0.918. The van der Waals surface area contributed by atoms with Crippen LogP contribution in [0.1, 0.15) is 0 Å². The van der Waals surface area contributed by atoms with Crippen molar-refractivity contribution in [1.82, 2.24) is 0 Å². The second-order valence-electron chi connectivity index (χ2n) is 0.0833. The van der Waals surface area contributed by atoms with Crippen LogP contribution in [0.4, 0.5) is 0 Å². The Morgan fingerprint density at radius 2 is 1.20 bits per heavy atom. The molecule has 0 unspecified atom stereocenters. The van der Waals surface area contributed by atoms with Crippen LogP contribution in [0.2, 0.25) is 0 Å². The summed E-state index contributed by atoms with van der Waals surface area (Å²) < 4.78 is 1.92. The predicted octanol–water partition coefficient (Wildman–Crippen LogP) is -2.15. The van der Waals surface area contributed by atoms with Crippen LogP contribution in [-0.2, 0) is 0 Å². The molecule has 0 aromatic rings. The van der Waals surface area contributed by atoms with E-state index in [-0.39, 0.29) is 56.9 Å². The van der Waals surface area contributed by atoms with Crippen molar-refractivity contribution in [3.8, 4) is 0 Å². The molecule has 0 spiro atoms. The quantitative estimate of drug-likeness (QED) is 0.278. The molecule has 24 valence electrons. The monoisotopic (exact) mass is 132 g/mol. The van der Waals surface area contributed by atoms with Crippen LogP contribution in [0.15, 0.2) is 0 Å². The third kappa shape index (κ3) is 25.7. The van der Waals surface area contributed by atoms with Gasteiger partial charge in [0.1, 0.15) is 0 Å². The van der Waals surface area contributed by atoms with E-state index in [0.29, 0.717) is 0 Å². The van der Waals surface area contributed by atoms with Gasteiger partial charge in [0.2, 0.25) is 0 Å². The maximum Gasteiger partial charge on any atom is 1.00 e. The molecule has 0 heterocycles. The summed E-state index contributed by atoms with van der Waals surface area (Å²) in [5.74, 6) is 0. The van der Waals surface area contributed by atoms with Crippen molar-refractivity contribution in [2.75, 3.05) is 0 Å². The van der Waals surface area contributed by atoms with Crippen LogP contribution in [0, 0.1) is 0 Å². The molecule has 0 rings (SSSR count). The van der Waals surface area contributed by atoms with Crippen molar-refractivity contribution >= 4 is 28.7 Å². The van der Waals surface area contributed by atoms with Crippen molar-refractivity contribution in [2.24, 2.45) is 0 Å². The van der Waals surface area contributed by atoms with Gasteiger partial charge >= 0.3 is 51.4 Å². The summed E-state index contributed by atoms with van der Waals surface area (Å²) in [5.41, 5.74) is 0. The Bertz CT molecular complexity index is 30.6. The Hall–Kier alpha value is 1.82. The molecular weight excluding hydrogens is 131 g/mol. The maximum absolute atomic E-state index is 3.96. The van der Waals surface area contributed by atoms with Gasteiger partial charge in [-0.15, -0.1) is 0 Å². The number of hydrogen-bond acceptors (Lipinski definition) is 3. The molecule has 4 heteroatoms. The Morgan fingerprint density at radius 3 is 1.20 bits per heavy atom. The largest absolute Gasteiger partial charge is 1.00 e. The average molecular weight is 132 g/mol. The van der Waals surface area contributed by atoms with Crippen LogP contribution in [0.5, 0.6) is 0 Å². The fourth-order valence-electron chi connectivity index (χ4n) is 0. The minimum absolute atomic E-state index is 0. The van der Waals surface area contributed by atoms with Gasteiger partial charge in [-0.2, -0.15) is 0 Å². The Morgan fingerprint density at radius 1 is 1.20 bits per heavy atom. The van der Waals surface area contributed by atoms with Crippen molar-refractivity contribution < 1.29 is 56.9 Å². The van der Waals surface area contributed by atoms with E-state index in [1.807, 2.05) is 4.31 Å². The second kappa shape index (κ2) is 17.0.